The first-order valence-corrected chi connectivity index (χ1v) is 11.8. The Kier molecular flexibility index (Phi) is 6.51. The van der Waals surface area contributed by atoms with Crippen LogP contribution in [0.3, 0.4) is 0 Å². The Bertz CT molecular complexity index is 1190. The van der Waals surface area contributed by atoms with Crippen LogP contribution in [-0.4, -0.2) is 51.9 Å². The van der Waals surface area contributed by atoms with Crippen LogP contribution in [-0.2, 0) is 9.53 Å². The van der Waals surface area contributed by atoms with Gasteiger partial charge in [-0.25, -0.2) is 0 Å². The highest BCUT2D eigenvalue weighted by atomic mass is 32.2. The minimum absolute atomic E-state index is 0.0679. The van der Waals surface area contributed by atoms with Crippen LogP contribution in [0.1, 0.15) is 10.8 Å². The van der Waals surface area contributed by atoms with E-state index in [1.54, 1.807) is 0 Å². The molecule has 33 heavy (non-hydrogen) atoms. The van der Waals surface area contributed by atoms with Gasteiger partial charge in [0.25, 0.3) is 0 Å². The quantitative estimate of drug-likeness (QED) is 0.396. The lowest BCUT2D eigenvalue weighted by atomic mass is 10.1. The molecule has 1 atom stereocenters. The van der Waals surface area contributed by atoms with E-state index in [4.69, 9.17) is 4.74 Å². The van der Waals surface area contributed by atoms with E-state index < -0.39 is 5.25 Å². The molecule has 0 N–H and O–H groups in total. The highest BCUT2D eigenvalue weighted by molar-refractivity contribution is 8.00. The summed E-state index contributed by atoms with van der Waals surface area (Å²) in [7, 11) is 0. The van der Waals surface area contributed by atoms with Gasteiger partial charge in [-0.15, -0.1) is 10.2 Å². The predicted octanol–water partition coefficient (Wildman–Crippen LogP) is 4.63. The second-order valence-corrected chi connectivity index (χ2v) is 8.76. The average Bonchev–Trinajstić information content (AvgIpc) is 3.32. The lowest BCUT2D eigenvalue weighted by molar-refractivity contribution is -0.134. The zero-order chi connectivity index (χ0) is 22.5. The number of hydrogen-bond donors (Lipinski definition) is 0. The second kappa shape index (κ2) is 10.0. The summed E-state index contributed by atoms with van der Waals surface area (Å²) in [4.78, 5) is 15.5. The van der Waals surface area contributed by atoms with Crippen molar-refractivity contribution in [2.45, 2.75) is 10.4 Å². The normalized spacial score (nSPS) is 14.7. The summed E-state index contributed by atoms with van der Waals surface area (Å²) in [5, 5.41) is 9.32. The van der Waals surface area contributed by atoms with Crippen LogP contribution in [0.4, 0.5) is 0 Å². The van der Waals surface area contributed by atoms with Gasteiger partial charge in [0.05, 0.1) is 13.2 Å². The van der Waals surface area contributed by atoms with Crippen molar-refractivity contribution >= 4 is 17.7 Å². The van der Waals surface area contributed by atoms with Crippen LogP contribution >= 0.6 is 11.8 Å². The maximum Gasteiger partial charge on any atom is 0.240 e. The third kappa shape index (κ3) is 4.69. The molecule has 2 heterocycles. The Morgan fingerprint density at radius 2 is 1.42 bits per heavy atom. The number of thioether (sulfide) groups is 1. The smallest absolute Gasteiger partial charge is 0.240 e. The standard InChI is InChI=1S/C26H24N4O2S/c31-25(29-16-18-32-19-17-29)23(20-10-4-1-5-11-20)33-26-28-27-24(21-12-6-2-7-13-21)30(26)22-14-8-3-9-15-22/h1-15,23H,16-19H2/t23-/m1/s1. The Hall–Kier alpha value is -3.42. The number of para-hydroxylation sites is 1. The molecule has 7 heteroatoms. The molecular formula is C26H24N4O2S. The highest BCUT2D eigenvalue weighted by Crippen LogP contribution is 2.38. The fraction of sp³-hybridized carbons (Fsp3) is 0.192. The molecule has 1 saturated heterocycles. The monoisotopic (exact) mass is 456 g/mol. The number of nitrogens with zero attached hydrogens (tertiary/aromatic N) is 4. The number of carbonyl (C=O) groups is 1. The molecule has 1 fully saturated rings. The van der Waals surface area contributed by atoms with Crippen molar-refractivity contribution < 1.29 is 9.53 Å². The van der Waals surface area contributed by atoms with Crippen molar-refractivity contribution in [3.8, 4) is 17.1 Å². The number of morpholine rings is 1. The first-order chi connectivity index (χ1) is 16.3. The largest absolute Gasteiger partial charge is 0.378 e. The topological polar surface area (TPSA) is 60.2 Å². The molecule has 6 nitrogen and oxygen atoms in total. The van der Waals surface area contributed by atoms with Crippen LogP contribution < -0.4 is 0 Å². The molecule has 1 amide bonds. The average molecular weight is 457 g/mol. The molecule has 1 aromatic heterocycles. The predicted molar refractivity (Wildman–Crippen MR) is 129 cm³/mol. The van der Waals surface area contributed by atoms with Crippen LogP contribution in [0.15, 0.2) is 96.2 Å². The molecule has 0 aliphatic carbocycles. The van der Waals surface area contributed by atoms with E-state index in [9.17, 15) is 4.79 Å². The van der Waals surface area contributed by atoms with Crippen LogP contribution in [0.25, 0.3) is 17.1 Å². The number of rotatable bonds is 6. The number of aromatic nitrogens is 3. The first-order valence-electron chi connectivity index (χ1n) is 11.0. The molecule has 0 unspecified atom stereocenters. The highest BCUT2D eigenvalue weighted by Gasteiger charge is 2.30. The van der Waals surface area contributed by atoms with E-state index in [0.717, 1.165) is 22.6 Å². The van der Waals surface area contributed by atoms with Crippen LogP contribution in [0.5, 0.6) is 0 Å². The molecular weight excluding hydrogens is 432 g/mol. The molecule has 0 radical (unpaired) electrons. The van der Waals surface area contributed by atoms with Crippen molar-refractivity contribution in [1.29, 1.82) is 0 Å². The minimum atomic E-state index is -0.431. The SMILES string of the molecule is O=C([C@H](Sc1nnc(-c2ccccc2)n1-c1ccccc1)c1ccccc1)N1CCOCC1. The molecule has 3 aromatic carbocycles. The Balaban J connectivity index is 1.57. The van der Waals surface area contributed by atoms with Gasteiger partial charge in [0.1, 0.15) is 5.25 Å². The second-order valence-electron chi connectivity index (χ2n) is 7.69. The third-order valence-corrected chi connectivity index (χ3v) is 6.74. The summed E-state index contributed by atoms with van der Waals surface area (Å²) in [6.07, 6.45) is 0. The summed E-state index contributed by atoms with van der Waals surface area (Å²) in [6.45, 7) is 2.33. The zero-order valence-corrected chi connectivity index (χ0v) is 18.9. The Morgan fingerprint density at radius 3 is 2.09 bits per heavy atom. The Labute approximate surface area is 197 Å². The summed E-state index contributed by atoms with van der Waals surface area (Å²) in [5.74, 6) is 0.813. The van der Waals surface area contributed by atoms with E-state index in [2.05, 4.69) is 10.2 Å². The number of hydrogen-bond acceptors (Lipinski definition) is 5. The van der Waals surface area contributed by atoms with Crippen molar-refractivity contribution in [3.05, 3.63) is 96.6 Å². The summed E-state index contributed by atoms with van der Waals surface area (Å²) < 4.78 is 7.49. The first kappa shape index (κ1) is 21.4. The van der Waals surface area contributed by atoms with E-state index >= 15 is 0 Å². The van der Waals surface area contributed by atoms with Gasteiger partial charge in [-0.2, -0.15) is 0 Å². The number of ether oxygens (including phenoxy) is 1. The maximum absolute atomic E-state index is 13.6. The van der Waals surface area contributed by atoms with Crippen molar-refractivity contribution in [2.75, 3.05) is 26.3 Å². The van der Waals surface area contributed by atoms with E-state index in [1.807, 2.05) is 100 Å². The van der Waals surface area contributed by atoms with Gasteiger partial charge in [-0.3, -0.25) is 9.36 Å². The van der Waals surface area contributed by atoms with Gasteiger partial charge in [-0.05, 0) is 17.7 Å². The van der Waals surface area contributed by atoms with Crippen LogP contribution in [0, 0.1) is 0 Å². The van der Waals surface area contributed by atoms with E-state index in [0.29, 0.717) is 31.5 Å². The fourth-order valence-electron chi connectivity index (χ4n) is 3.87. The van der Waals surface area contributed by atoms with Crippen molar-refractivity contribution in [1.82, 2.24) is 19.7 Å². The van der Waals surface area contributed by atoms with E-state index in [1.165, 1.54) is 11.8 Å². The fourth-order valence-corrected chi connectivity index (χ4v) is 5.01. The summed E-state index contributed by atoms with van der Waals surface area (Å²) in [6, 6.07) is 29.9. The van der Waals surface area contributed by atoms with Gasteiger partial charge >= 0.3 is 0 Å². The molecule has 1 aliphatic rings. The lowest BCUT2D eigenvalue weighted by Crippen LogP contribution is -2.42. The maximum atomic E-state index is 13.6. The van der Waals surface area contributed by atoms with Gasteiger partial charge in [-0.1, -0.05) is 90.6 Å². The number of amides is 1. The molecule has 1 aliphatic heterocycles. The van der Waals surface area contributed by atoms with E-state index in [-0.39, 0.29) is 5.91 Å². The molecule has 5 rings (SSSR count). The van der Waals surface area contributed by atoms with Gasteiger partial charge in [0, 0.05) is 24.3 Å². The summed E-state index contributed by atoms with van der Waals surface area (Å²) >= 11 is 1.44. The van der Waals surface area contributed by atoms with Crippen molar-refractivity contribution in [3.63, 3.8) is 0 Å². The molecule has 0 saturated carbocycles. The van der Waals surface area contributed by atoms with Gasteiger partial charge < -0.3 is 9.64 Å². The van der Waals surface area contributed by atoms with Crippen molar-refractivity contribution in [2.24, 2.45) is 0 Å². The minimum Gasteiger partial charge on any atom is -0.378 e. The number of benzene rings is 3. The lowest BCUT2D eigenvalue weighted by Gasteiger charge is -2.30. The molecule has 0 spiro atoms. The Morgan fingerprint density at radius 1 is 0.818 bits per heavy atom. The molecule has 4 aromatic rings. The molecule has 166 valence electrons. The van der Waals surface area contributed by atoms with Gasteiger partial charge in [0.2, 0.25) is 5.91 Å². The van der Waals surface area contributed by atoms with Crippen LogP contribution in [0.2, 0.25) is 0 Å². The zero-order valence-electron chi connectivity index (χ0n) is 18.1. The third-order valence-electron chi connectivity index (χ3n) is 5.55. The van der Waals surface area contributed by atoms with Gasteiger partial charge in [0.15, 0.2) is 11.0 Å². The number of carbonyl (C=O) groups excluding carboxylic acids is 1. The summed E-state index contributed by atoms with van der Waals surface area (Å²) in [5.41, 5.74) is 2.87. The molecule has 0 bridgehead atoms.